The van der Waals surface area contributed by atoms with Gasteiger partial charge < -0.3 is 14.2 Å². The summed E-state index contributed by atoms with van der Waals surface area (Å²) in [6.45, 7) is 0.395. The summed E-state index contributed by atoms with van der Waals surface area (Å²) in [6.07, 6.45) is -0.392. The zero-order valence-electron chi connectivity index (χ0n) is 12.9. The molecule has 3 rings (SSSR count). The molecule has 24 heavy (non-hydrogen) atoms. The van der Waals surface area contributed by atoms with Gasteiger partial charge in [-0.25, -0.2) is 13.1 Å². The van der Waals surface area contributed by atoms with Crippen LogP contribution in [0.1, 0.15) is 0 Å². The minimum Gasteiger partial charge on any atom is -0.496 e. The number of sulfonamides is 1. The zero-order chi connectivity index (χ0) is 17.2. The Hall–Kier alpha value is -1.77. The minimum absolute atomic E-state index is 0.111. The smallest absolute Gasteiger partial charge is 0.240 e. The van der Waals surface area contributed by atoms with Gasteiger partial charge in [-0.1, -0.05) is 12.1 Å². The highest BCUT2D eigenvalue weighted by molar-refractivity contribution is 9.10. The highest BCUT2D eigenvalue weighted by atomic mass is 79.9. The van der Waals surface area contributed by atoms with E-state index in [1.807, 2.05) is 18.2 Å². The Morgan fingerprint density at radius 1 is 1.25 bits per heavy atom. The Bertz CT molecular complexity index is 840. The molecule has 1 heterocycles. The molecule has 0 radical (unpaired) electrons. The molecule has 0 fully saturated rings. The molecule has 0 aliphatic carbocycles. The fourth-order valence-corrected chi connectivity index (χ4v) is 4.05. The Kier molecular flexibility index (Phi) is 4.98. The molecule has 1 aliphatic rings. The second-order valence-corrected chi connectivity index (χ2v) is 7.77. The van der Waals surface area contributed by atoms with Crippen molar-refractivity contribution in [3.05, 3.63) is 46.9 Å². The first-order valence-electron chi connectivity index (χ1n) is 7.21. The first-order valence-corrected chi connectivity index (χ1v) is 9.49. The van der Waals surface area contributed by atoms with E-state index in [1.165, 1.54) is 19.2 Å². The standard InChI is InChI=1S/C16H16BrNO5S/c1-21-14-7-6-12(8-13(14)17)24(19,20)18-9-11-10-22-15-4-2-3-5-16(15)23-11/h2-8,11,18H,9-10H2,1H3/t11-/m1/s1. The van der Waals surface area contributed by atoms with Gasteiger partial charge in [0.15, 0.2) is 11.5 Å². The van der Waals surface area contributed by atoms with Gasteiger partial charge in [0.1, 0.15) is 18.5 Å². The minimum atomic E-state index is -3.66. The largest absolute Gasteiger partial charge is 0.496 e. The SMILES string of the molecule is COc1ccc(S(=O)(=O)NC[C@@H]2COc3ccccc3O2)cc1Br. The number of hydrogen-bond donors (Lipinski definition) is 1. The van der Waals surface area contributed by atoms with Crippen LogP contribution < -0.4 is 18.9 Å². The lowest BCUT2D eigenvalue weighted by Crippen LogP contribution is -2.40. The summed E-state index contributed by atoms with van der Waals surface area (Å²) in [7, 11) is -2.14. The van der Waals surface area contributed by atoms with Crippen molar-refractivity contribution in [1.82, 2.24) is 4.72 Å². The summed E-state index contributed by atoms with van der Waals surface area (Å²) in [6, 6.07) is 11.9. The number of halogens is 1. The third kappa shape index (κ3) is 3.66. The fraction of sp³-hybridized carbons (Fsp3) is 0.250. The maximum absolute atomic E-state index is 12.4. The Morgan fingerprint density at radius 2 is 2.00 bits per heavy atom. The van der Waals surface area contributed by atoms with E-state index in [2.05, 4.69) is 20.7 Å². The van der Waals surface area contributed by atoms with Crippen LogP contribution in [0.15, 0.2) is 51.8 Å². The molecule has 1 atom stereocenters. The van der Waals surface area contributed by atoms with Crippen molar-refractivity contribution >= 4 is 26.0 Å². The molecule has 0 aromatic heterocycles. The van der Waals surface area contributed by atoms with Crippen LogP contribution in [0.25, 0.3) is 0 Å². The Labute approximate surface area is 148 Å². The molecule has 2 aromatic carbocycles. The van der Waals surface area contributed by atoms with Crippen molar-refractivity contribution in [3.8, 4) is 17.2 Å². The molecule has 2 aromatic rings. The van der Waals surface area contributed by atoms with E-state index in [0.717, 1.165) is 0 Å². The second-order valence-electron chi connectivity index (χ2n) is 5.15. The quantitative estimate of drug-likeness (QED) is 0.814. The van der Waals surface area contributed by atoms with Crippen LogP contribution in [-0.4, -0.2) is 34.8 Å². The number of ether oxygens (including phenoxy) is 3. The normalized spacial score (nSPS) is 16.7. The predicted molar refractivity (Wildman–Crippen MR) is 92.2 cm³/mol. The Balaban J connectivity index is 1.67. The summed E-state index contributed by atoms with van der Waals surface area (Å²) in [5.74, 6) is 1.84. The lowest BCUT2D eigenvalue weighted by molar-refractivity contribution is 0.0943. The number of rotatable bonds is 5. The first kappa shape index (κ1) is 17.1. The van der Waals surface area contributed by atoms with Crippen LogP contribution in [0.5, 0.6) is 17.2 Å². The van der Waals surface area contributed by atoms with Gasteiger partial charge in [-0.05, 0) is 46.3 Å². The van der Waals surface area contributed by atoms with E-state index in [1.54, 1.807) is 12.1 Å². The molecule has 1 N–H and O–H groups in total. The third-order valence-electron chi connectivity index (χ3n) is 3.50. The Morgan fingerprint density at radius 3 is 2.71 bits per heavy atom. The van der Waals surface area contributed by atoms with Gasteiger partial charge >= 0.3 is 0 Å². The van der Waals surface area contributed by atoms with Crippen LogP contribution >= 0.6 is 15.9 Å². The van der Waals surface area contributed by atoms with Gasteiger partial charge in [-0.3, -0.25) is 0 Å². The van der Waals surface area contributed by atoms with Crippen LogP contribution in [-0.2, 0) is 10.0 Å². The van der Waals surface area contributed by atoms with Gasteiger partial charge in [0.25, 0.3) is 0 Å². The number of para-hydroxylation sites is 2. The van der Waals surface area contributed by atoms with Gasteiger partial charge in [0, 0.05) is 0 Å². The predicted octanol–water partition coefficient (Wildman–Crippen LogP) is 2.58. The van der Waals surface area contributed by atoms with Crippen LogP contribution in [0.4, 0.5) is 0 Å². The second kappa shape index (κ2) is 7.00. The topological polar surface area (TPSA) is 73.9 Å². The first-order chi connectivity index (χ1) is 11.5. The zero-order valence-corrected chi connectivity index (χ0v) is 15.3. The van der Waals surface area contributed by atoms with Gasteiger partial charge in [0.2, 0.25) is 10.0 Å². The highest BCUT2D eigenvalue weighted by Crippen LogP contribution is 2.31. The summed E-state index contributed by atoms with van der Waals surface area (Å²) in [4.78, 5) is 0.146. The molecule has 8 heteroatoms. The summed E-state index contributed by atoms with van der Waals surface area (Å²) in [5, 5.41) is 0. The van der Waals surface area contributed by atoms with Gasteiger partial charge in [-0.15, -0.1) is 0 Å². The van der Waals surface area contributed by atoms with Gasteiger partial charge in [-0.2, -0.15) is 0 Å². The van der Waals surface area contributed by atoms with Crippen molar-refractivity contribution < 1.29 is 22.6 Å². The van der Waals surface area contributed by atoms with E-state index in [4.69, 9.17) is 14.2 Å². The van der Waals surface area contributed by atoms with Crippen molar-refractivity contribution in [3.63, 3.8) is 0 Å². The number of fused-ring (bicyclic) bond motifs is 1. The lowest BCUT2D eigenvalue weighted by atomic mass is 10.2. The van der Waals surface area contributed by atoms with E-state index in [-0.39, 0.29) is 18.0 Å². The van der Waals surface area contributed by atoms with Crippen LogP contribution in [0, 0.1) is 0 Å². The van der Waals surface area contributed by atoms with Crippen molar-refractivity contribution in [2.75, 3.05) is 20.3 Å². The molecule has 0 saturated heterocycles. The summed E-state index contributed by atoms with van der Waals surface area (Å²) in [5.41, 5.74) is 0. The number of hydrogen-bond acceptors (Lipinski definition) is 5. The van der Waals surface area contributed by atoms with Crippen molar-refractivity contribution in [2.45, 2.75) is 11.0 Å². The van der Waals surface area contributed by atoms with Gasteiger partial charge in [0.05, 0.1) is 23.0 Å². The molecule has 0 amide bonds. The maximum Gasteiger partial charge on any atom is 0.240 e. The van der Waals surface area contributed by atoms with E-state index >= 15 is 0 Å². The highest BCUT2D eigenvalue weighted by Gasteiger charge is 2.23. The van der Waals surface area contributed by atoms with E-state index in [0.29, 0.717) is 21.7 Å². The molecular formula is C16H16BrNO5S. The number of benzene rings is 2. The fourth-order valence-electron chi connectivity index (χ4n) is 2.26. The van der Waals surface area contributed by atoms with Crippen molar-refractivity contribution in [2.24, 2.45) is 0 Å². The third-order valence-corrected chi connectivity index (χ3v) is 5.54. The van der Waals surface area contributed by atoms with Crippen LogP contribution in [0.3, 0.4) is 0 Å². The molecule has 0 spiro atoms. The molecule has 0 saturated carbocycles. The van der Waals surface area contributed by atoms with Crippen molar-refractivity contribution in [1.29, 1.82) is 0 Å². The van der Waals surface area contributed by atoms with E-state index < -0.39 is 16.1 Å². The molecule has 128 valence electrons. The molecule has 0 bridgehead atoms. The van der Waals surface area contributed by atoms with E-state index in [9.17, 15) is 8.42 Å². The molecular weight excluding hydrogens is 398 g/mol. The monoisotopic (exact) mass is 413 g/mol. The lowest BCUT2D eigenvalue weighted by Gasteiger charge is -2.26. The van der Waals surface area contributed by atoms with Crippen LogP contribution in [0.2, 0.25) is 0 Å². The number of methoxy groups -OCH3 is 1. The summed E-state index contributed by atoms with van der Waals surface area (Å²) >= 11 is 3.28. The molecule has 6 nitrogen and oxygen atoms in total. The summed E-state index contributed by atoms with van der Waals surface area (Å²) < 4.78 is 44.3. The maximum atomic E-state index is 12.4. The number of nitrogens with one attached hydrogen (secondary N) is 1. The molecule has 0 unspecified atom stereocenters. The average Bonchev–Trinajstić information content (AvgIpc) is 2.60. The molecule has 1 aliphatic heterocycles. The average molecular weight is 414 g/mol.